The lowest BCUT2D eigenvalue weighted by Crippen LogP contribution is -2.26. The van der Waals surface area contributed by atoms with Crippen molar-refractivity contribution in [3.05, 3.63) is 37.0 Å². The standard InChI is InChI=1S/C31H52/c1-4-6-7-12-28-21-23-29(24-22-28)25(3)31-16-11-10-15-30(31)14-9-8-13-27-19-17-26(5-2)18-20-27/h5,9,14,26-31H,2-4,6-8,10-13,15-24H2,1H3/b14-9+. The predicted molar refractivity (Wildman–Crippen MR) is 138 cm³/mol. The van der Waals surface area contributed by atoms with Gasteiger partial charge in [0.05, 0.1) is 0 Å². The summed E-state index contributed by atoms with van der Waals surface area (Å²) in [7, 11) is 0. The molecule has 0 nitrogen and oxygen atoms in total. The molecule has 31 heavy (non-hydrogen) atoms. The molecule has 3 saturated carbocycles. The molecule has 176 valence electrons. The lowest BCUT2D eigenvalue weighted by molar-refractivity contribution is 0.242. The normalized spacial score (nSPS) is 34.6. The van der Waals surface area contributed by atoms with Crippen molar-refractivity contribution in [3.63, 3.8) is 0 Å². The molecule has 3 aliphatic rings. The van der Waals surface area contributed by atoms with Crippen LogP contribution in [0.4, 0.5) is 0 Å². The molecule has 3 aliphatic carbocycles. The fraction of sp³-hybridized carbons (Fsp3) is 0.806. The maximum Gasteiger partial charge on any atom is -0.0140 e. The molecule has 0 spiro atoms. The molecule has 0 aromatic rings. The van der Waals surface area contributed by atoms with Crippen molar-refractivity contribution in [1.29, 1.82) is 0 Å². The predicted octanol–water partition coefficient (Wildman–Crippen LogP) is 10.1. The number of unbranched alkanes of at least 4 members (excludes halogenated alkanes) is 2. The Morgan fingerprint density at radius 3 is 2.19 bits per heavy atom. The van der Waals surface area contributed by atoms with E-state index in [1.54, 1.807) is 5.57 Å². The molecule has 2 atom stereocenters. The summed E-state index contributed by atoms with van der Waals surface area (Å²) in [5.41, 5.74) is 1.64. The molecule has 0 aromatic carbocycles. The molecular weight excluding hydrogens is 372 g/mol. The number of hydrogen-bond donors (Lipinski definition) is 0. The summed E-state index contributed by atoms with van der Waals surface area (Å²) in [6.07, 6.45) is 32.8. The minimum atomic E-state index is 0.773. The third kappa shape index (κ3) is 7.94. The van der Waals surface area contributed by atoms with E-state index in [1.165, 1.54) is 116 Å². The Kier molecular flexibility index (Phi) is 11.0. The zero-order valence-corrected chi connectivity index (χ0v) is 20.8. The summed E-state index contributed by atoms with van der Waals surface area (Å²) < 4.78 is 0. The van der Waals surface area contributed by atoms with Crippen LogP contribution in [0, 0.1) is 35.5 Å². The average Bonchev–Trinajstić information content (AvgIpc) is 2.82. The molecule has 0 radical (unpaired) electrons. The monoisotopic (exact) mass is 424 g/mol. The Morgan fingerprint density at radius 2 is 1.48 bits per heavy atom. The molecule has 0 bridgehead atoms. The van der Waals surface area contributed by atoms with Crippen LogP contribution in [0.1, 0.15) is 122 Å². The van der Waals surface area contributed by atoms with Crippen LogP contribution >= 0.6 is 0 Å². The Balaban J connectivity index is 1.41. The fourth-order valence-electron chi connectivity index (χ4n) is 6.97. The van der Waals surface area contributed by atoms with Gasteiger partial charge in [0.15, 0.2) is 0 Å². The van der Waals surface area contributed by atoms with Gasteiger partial charge in [0, 0.05) is 0 Å². The molecule has 0 aliphatic heterocycles. The van der Waals surface area contributed by atoms with E-state index in [1.807, 2.05) is 0 Å². The van der Waals surface area contributed by atoms with E-state index in [0.29, 0.717) is 0 Å². The molecular formula is C31H52. The molecule has 3 fully saturated rings. The summed E-state index contributed by atoms with van der Waals surface area (Å²) in [6.45, 7) is 11.0. The average molecular weight is 425 g/mol. The quantitative estimate of drug-likeness (QED) is 0.228. The largest absolute Gasteiger partial charge is 0.103 e. The highest BCUT2D eigenvalue weighted by atomic mass is 14.4. The van der Waals surface area contributed by atoms with Crippen LogP contribution in [-0.2, 0) is 0 Å². The van der Waals surface area contributed by atoms with Crippen molar-refractivity contribution in [2.75, 3.05) is 0 Å². The minimum Gasteiger partial charge on any atom is -0.103 e. The molecule has 0 saturated heterocycles. The topological polar surface area (TPSA) is 0 Å². The Bertz CT molecular complexity index is 538. The van der Waals surface area contributed by atoms with Crippen LogP contribution in [-0.4, -0.2) is 0 Å². The highest BCUT2D eigenvalue weighted by molar-refractivity contribution is 5.13. The van der Waals surface area contributed by atoms with Crippen molar-refractivity contribution in [1.82, 2.24) is 0 Å². The van der Waals surface area contributed by atoms with Gasteiger partial charge < -0.3 is 0 Å². The van der Waals surface area contributed by atoms with E-state index in [4.69, 9.17) is 6.58 Å². The Morgan fingerprint density at radius 1 is 0.806 bits per heavy atom. The third-order valence-electron chi connectivity index (χ3n) is 9.23. The SMILES string of the molecule is C=CC1CCC(CC/C=C/C2CCCCC2C(=C)C2CCC(CCCCC)CC2)CC1. The molecule has 0 aromatic heterocycles. The zero-order valence-electron chi connectivity index (χ0n) is 20.8. The van der Waals surface area contributed by atoms with E-state index in [9.17, 15) is 0 Å². The third-order valence-corrected chi connectivity index (χ3v) is 9.23. The van der Waals surface area contributed by atoms with Crippen molar-refractivity contribution in [3.8, 4) is 0 Å². The van der Waals surface area contributed by atoms with E-state index in [0.717, 1.165) is 35.5 Å². The summed E-state index contributed by atoms with van der Waals surface area (Å²) in [5.74, 6) is 5.15. The van der Waals surface area contributed by atoms with Gasteiger partial charge in [-0.1, -0.05) is 75.8 Å². The summed E-state index contributed by atoms with van der Waals surface area (Å²) in [4.78, 5) is 0. The second kappa shape index (κ2) is 13.7. The van der Waals surface area contributed by atoms with Crippen LogP contribution in [0.25, 0.3) is 0 Å². The smallest absolute Gasteiger partial charge is 0.0140 e. The van der Waals surface area contributed by atoms with Crippen LogP contribution < -0.4 is 0 Å². The van der Waals surface area contributed by atoms with Gasteiger partial charge in [0.2, 0.25) is 0 Å². The molecule has 2 unspecified atom stereocenters. The fourth-order valence-corrected chi connectivity index (χ4v) is 6.97. The molecule has 0 heteroatoms. The van der Waals surface area contributed by atoms with E-state index in [2.05, 4.69) is 31.7 Å². The lowest BCUT2D eigenvalue weighted by Gasteiger charge is -2.37. The van der Waals surface area contributed by atoms with Gasteiger partial charge in [-0.15, -0.1) is 6.58 Å². The minimum absolute atomic E-state index is 0.773. The highest BCUT2D eigenvalue weighted by Crippen LogP contribution is 2.43. The van der Waals surface area contributed by atoms with Crippen molar-refractivity contribution >= 4 is 0 Å². The summed E-state index contributed by atoms with van der Waals surface area (Å²) in [6, 6.07) is 0. The number of hydrogen-bond acceptors (Lipinski definition) is 0. The maximum atomic E-state index is 4.73. The van der Waals surface area contributed by atoms with Gasteiger partial charge in [-0.05, 0) is 113 Å². The molecule has 0 heterocycles. The first-order valence-electron chi connectivity index (χ1n) is 14.2. The van der Waals surface area contributed by atoms with Crippen LogP contribution in [0.15, 0.2) is 37.0 Å². The van der Waals surface area contributed by atoms with Crippen molar-refractivity contribution in [2.45, 2.75) is 122 Å². The highest BCUT2D eigenvalue weighted by Gasteiger charge is 2.31. The van der Waals surface area contributed by atoms with Crippen LogP contribution in [0.3, 0.4) is 0 Å². The first kappa shape index (κ1) is 24.9. The molecule has 0 amide bonds. The van der Waals surface area contributed by atoms with E-state index >= 15 is 0 Å². The van der Waals surface area contributed by atoms with Gasteiger partial charge in [0.1, 0.15) is 0 Å². The summed E-state index contributed by atoms with van der Waals surface area (Å²) in [5, 5.41) is 0. The van der Waals surface area contributed by atoms with Gasteiger partial charge in [0.25, 0.3) is 0 Å². The maximum absolute atomic E-state index is 4.73. The first-order valence-corrected chi connectivity index (χ1v) is 14.2. The van der Waals surface area contributed by atoms with Gasteiger partial charge in [-0.2, -0.15) is 0 Å². The summed E-state index contributed by atoms with van der Waals surface area (Å²) >= 11 is 0. The van der Waals surface area contributed by atoms with Crippen molar-refractivity contribution in [2.24, 2.45) is 35.5 Å². The molecule has 3 rings (SSSR count). The number of allylic oxidation sites excluding steroid dienone is 4. The lowest BCUT2D eigenvalue weighted by atomic mass is 9.68. The van der Waals surface area contributed by atoms with E-state index in [-0.39, 0.29) is 0 Å². The van der Waals surface area contributed by atoms with Crippen LogP contribution in [0.2, 0.25) is 0 Å². The Hall–Kier alpha value is -0.780. The van der Waals surface area contributed by atoms with E-state index < -0.39 is 0 Å². The molecule has 0 N–H and O–H groups in total. The second-order valence-corrected chi connectivity index (χ2v) is 11.4. The van der Waals surface area contributed by atoms with Crippen LogP contribution in [0.5, 0.6) is 0 Å². The van der Waals surface area contributed by atoms with Gasteiger partial charge in [-0.25, -0.2) is 0 Å². The number of rotatable bonds is 11. The zero-order chi connectivity index (χ0) is 21.9. The van der Waals surface area contributed by atoms with Gasteiger partial charge >= 0.3 is 0 Å². The second-order valence-electron chi connectivity index (χ2n) is 11.4. The first-order chi connectivity index (χ1) is 15.2. The van der Waals surface area contributed by atoms with Gasteiger partial charge in [-0.3, -0.25) is 0 Å². The Labute approximate surface area is 195 Å². The van der Waals surface area contributed by atoms with Crippen molar-refractivity contribution < 1.29 is 0 Å².